The molecule has 0 spiro atoms. The van der Waals surface area contributed by atoms with Crippen molar-refractivity contribution >= 4 is 11.7 Å². The maximum Gasteiger partial charge on any atom is 0.237 e. The summed E-state index contributed by atoms with van der Waals surface area (Å²) in [5.74, 6) is 0.957. The highest BCUT2D eigenvalue weighted by Gasteiger charge is 2.16. The second kappa shape index (κ2) is 9.99. The van der Waals surface area contributed by atoms with Crippen molar-refractivity contribution in [3.63, 3.8) is 0 Å². The third-order valence-electron chi connectivity index (χ3n) is 4.42. The second-order valence-corrected chi connectivity index (χ2v) is 6.45. The van der Waals surface area contributed by atoms with Gasteiger partial charge in [0.1, 0.15) is 5.82 Å². The number of allylic oxidation sites excluding steroid dienone is 2. The molecule has 1 aliphatic rings. The van der Waals surface area contributed by atoms with Crippen LogP contribution in [0.3, 0.4) is 0 Å². The molecule has 1 aliphatic carbocycles. The molecule has 1 atom stereocenters. The molecule has 0 aliphatic heterocycles. The summed E-state index contributed by atoms with van der Waals surface area (Å²) in [5.41, 5.74) is 2.35. The minimum Gasteiger partial charge on any atom is -0.355 e. The van der Waals surface area contributed by atoms with Gasteiger partial charge in [-0.1, -0.05) is 37.6 Å². The van der Waals surface area contributed by atoms with Gasteiger partial charge >= 0.3 is 0 Å². The lowest BCUT2D eigenvalue weighted by atomic mass is 10.1. The summed E-state index contributed by atoms with van der Waals surface area (Å²) in [5, 5.41) is 6.11. The van der Waals surface area contributed by atoms with Gasteiger partial charge in [-0.2, -0.15) is 0 Å². The van der Waals surface area contributed by atoms with Crippen LogP contribution in [-0.4, -0.2) is 37.6 Å². The Bertz CT molecular complexity index is 624. The van der Waals surface area contributed by atoms with E-state index in [0.29, 0.717) is 6.54 Å². The van der Waals surface area contributed by atoms with Crippen LogP contribution in [0.1, 0.15) is 38.2 Å². The first-order chi connectivity index (χ1) is 12.2. The molecule has 2 rings (SSSR count). The van der Waals surface area contributed by atoms with Crippen molar-refractivity contribution in [3.05, 3.63) is 47.7 Å². The van der Waals surface area contributed by atoms with Crippen LogP contribution in [0.2, 0.25) is 0 Å². The molecule has 1 aromatic rings. The Balaban J connectivity index is 2.00. The molecular weight excluding hydrogens is 312 g/mol. The number of aromatic nitrogens is 1. The molecule has 25 heavy (non-hydrogen) atoms. The minimum absolute atomic E-state index is 0.0414. The number of rotatable bonds is 9. The largest absolute Gasteiger partial charge is 0.355 e. The van der Waals surface area contributed by atoms with Crippen molar-refractivity contribution < 1.29 is 4.79 Å². The van der Waals surface area contributed by atoms with Gasteiger partial charge in [-0.05, 0) is 37.9 Å². The summed E-state index contributed by atoms with van der Waals surface area (Å²) in [6.45, 7) is 3.40. The first kappa shape index (κ1) is 19.2. The van der Waals surface area contributed by atoms with Gasteiger partial charge < -0.3 is 15.5 Å². The molecule has 0 saturated heterocycles. The molecule has 2 N–H and O–H groups in total. The molecular formula is C20H30N4O. The summed E-state index contributed by atoms with van der Waals surface area (Å²) in [7, 11) is 3.87. The molecule has 1 unspecified atom stereocenters. The fourth-order valence-electron chi connectivity index (χ4n) is 3.05. The lowest BCUT2D eigenvalue weighted by Crippen LogP contribution is -2.42. The Kier molecular flexibility index (Phi) is 7.67. The SMILES string of the molecule is CCCC(NC)C(=O)NCc1cccnc1N(C)CC1=CCCC=C1. The standard InChI is InChI=1S/C20H30N4O/c1-4-9-18(21-2)20(25)23-14-17-12-8-13-22-19(17)24(3)15-16-10-6-5-7-11-16/h6,8,10-13,18,21H,4-5,7,9,14-15H2,1-3H3,(H,23,25). The number of hydrogen-bond acceptors (Lipinski definition) is 4. The first-order valence-corrected chi connectivity index (χ1v) is 9.11. The van der Waals surface area contributed by atoms with Gasteiger partial charge in [0.15, 0.2) is 0 Å². The van der Waals surface area contributed by atoms with E-state index in [1.165, 1.54) is 5.57 Å². The topological polar surface area (TPSA) is 57.3 Å². The van der Waals surface area contributed by atoms with E-state index in [1.807, 2.05) is 26.2 Å². The Hall–Kier alpha value is -2.14. The predicted octanol–water partition coefficient (Wildman–Crippen LogP) is 2.80. The van der Waals surface area contributed by atoms with E-state index in [1.54, 1.807) is 6.20 Å². The highest BCUT2D eigenvalue weighted by molar-refractivity contribution is 5.81. The lowest BCUT2D eigenvalue weighted by Gasteiger charge is -2.23. The van der Waals surface area contributed by atoms with E-state index in [0.717, 1.165) is 43.6 Å². The van der Waals surface area contributed by atoms with Crippen LogP contribution in [0.4, 0.5) is 5.82 Å². The maximum absolute atomic E-state index is 12.3. The van der Waals surface area contributed by atoms with Crippen molar-refractivity contribution in [2.75, 3.05) is 25.5 Å². The van der Waals surface area contributed by atoms with Crippen LogP contribution in [0.5, 0.6) is 0 Å². The third kappa shape index (κ3) is 5.71. The Labute approximate surface area is 151 Å². The van der Waals surface area contributed by atoms with E-state index < -0.39 is 0 Å². The van der Waals surface area contributed by atoms with Crippen molar-refractivity contribution in [2.24, 2.45) is 0 Å². The Morgan fingerprint density at radius 1 is 1.40 bits per heavy atom. The molecule has 0 fully saturated rings. The zero-order valence-corrected chi connectivity index (χ0v) is 15.6. The van der Waals surface area contributed by atoms with Gasteiger partial charge in [0.05, 0.1) is 6.04 Å². The van der Waals surface area contributed by atoms with Crippen LogP contribution in [0.25, 0.3) is 0 Å². The quantitative estimate of drug-likeness (QED) is 0.724. The Morgan fingerprint density at radius 2 is 2.24 bits per heavy atom. The molecule has 5 heteroatoms. The maximum atomic E-state index is 12.3. The van der Waals surface area contributed by atoms with Crippen molar-refractivity contribution in [1.29, 1.82) is 0 Å². The van der Waals surface area contributed by atoms with Gasteiger partial charge in [0.2, 0.25) is 5.91 Å². The van der Waals surface area contributed by atoms with Crippen molar-refractivity contribution in [2.45, 2.75) is 45.2 Å². The van der Waals surface area contributed by atoms with Crippen LogP contribution >= 0.6 is 0 Å². The number of hydrogen-bond donors (Lipinski definition) is 2. The molecule has 0 aromatic carbocycles. The molecule has 1 aromatic heterocycles. The highest BCUT2D eigenvalue weighted by Crippen LogP contribution is 2.19. The van der Waals surface area contributed by atoms with Gasteiger partial charge in [0, 0.05) is 31.9 Å². The second-order valence-electron chi connectivity index (χ2n) is 6.45. The summed E-state index contributed by atoms with van der Waals surface area (Å²) >= 11 is 0. The average Bonchev–Trinajstić information content (AvgIpc) is 2.65. The van der Waals surface area contributed by atoms with Gasteiger partial charge in [-0.15, -0.1) is 0 Å². The van der Waals surface area contributed by atoms with E-state index in [-0.39, 0.29) is 11.9 Å². The number of likely N-dealkylation sites (N-methyl/N-ethyl adjacent to an activating group) is 2. The fraction of sp³-hybridized carbons (Fsp3) is 0.500. The van der Waals surface area contributed by atoms with Crippen molar-refractivity contribution in [3.8, 4) is 0 Å². The number of pyridine rings is 1. The first-order valence-electron chi connectivity index (χ1n) is 9.11. The monoisotopic (exact) mass is 342 g/mol. The smallest absolute Gasteiger partial charge is 0.237 e. The molecule has 0 bridgehead atoms. The summed E-state index contributed by atoms with van der Waals surface area (Å²) in [6.07, 6.45) is 12.5. The molecule has 136 valence electrons. The number of carbonyl (C=O) groups excluding carboxylic acids is 1. The number of carbonyl (C=O) groups is 1. The zero-order valence-electron chi connectivity index (χ0n) is 15.6. The predicted molar refractivity (Wildman–Crippen MR) is 104 cm³/mol. The van der Waals surface area contributed by atoms with E-state index in [4.69, 9.17) is 0 Å². The summed E-state index contributed by atoms with van der Waals surface area (Å²) in [4.78, 5) is 19.0. The number of nitrogens with zero attached hydrogens (tertiary/aromatic N) is 2. The van der Waals surface area contributed by atoms with Gasteiger partial charge in [-0.3, -0.25) is 4.79 Å². The molecule has 0 radical (unpaired) electrons. The van der Waals surface area contributed by atoms with Crippen molar-refractivity contribution in [1.82, 2.24) is 15.6 Å². The molecule has 0 saturated carbocycles. The molecule has 5 nitrogen and oxygen atoms in total. The fourth-order valence-corrected chi connectivity index (χ4v) is 3.05. The van der Waals surface area contributed by atoms with Gasteiger partial charge in [0.25, 0.3) is 0 Å². The van der Waals surface area contributed by atoms with E-state index >= 15 is 0 Å². The third-order valence-corrected chi connectivity index (χ3v) is 4.42. The van der Waals surface area contributed by atoms with E-state index in [9.17, 15) is 4.79 Å². The van der Waals surface area contributed by atoms with Crippen LogP contribution in [-0.2, 0) is 11.3 Å². The Morgan fingerprint density at radius 3 is 2.92 bits per heavy atom. The number of anilines is 1. The normalized spacial score (nSPS) is 14.8. The van der Waals surface area contributed by atoms with Crippen LogP contribution in [0.15, 0.2) is 42.1 Å². The van der Waals surface area contributed by atoms with Crippen LogP contribution in [0, 0.1) is 0 Å². The number of nitrogens with one attached hydrogen (secondary N) is 2. The van der Waals surface area contributed by atoms with E-state index in [2.05, 4.69) is 45.7 Å². The molecule has 1 amide bonds. The summed E-state index contributed by atoms with van der Waals surface area (Å²) in [6, 6.07) is 3.80. The van der Waals surface area contributed by atoms with Crippen LogP contribution < -0.4 is 15.5 Å². The van der Waals surface area contributed by atoms with Gasteiger partial charge in [-0.25, -0.2) is 4.98 Å². The number of amides is 1. The molecule has 1 heterocycles. The lowest BCUT2D eigenvalue weighted by molar-refractivity contribution is -0.123. The average molecular weight is 342 g/mol. The minimum atomic E-state index is -0.139. The summed E-state index contributed by atoms with van der Waals surface area (Å²) < 4.78 is 0. The highest BCUT2D eigenvalue weighted by atomic mass is 16.2. The zero-order chi connectivity index (χ0) is 18.1.